The number of ether oxygens (including phenoxy) is 1. The highest BCUT2D eigenvalue weighted by Gasteiger charge is 2.19. The van der Waals surface area contributed by atoms with Crippen LogP contribution in [0.3, 0.4) is 0 Å². The highest BCUT2D eigenvalue weighted by molar-refractivity contribution is 5.55. The summed E-state index contributed by atoms with van der Waals surface area (Å²) in [5.41, 5.74) is 2.06. The van der Waals surface area contributed by atoms with Gasteiger partial charge < -0.3 is 4.74 Å². The first kappa shape index (κ1) is 15.4. The second-order valence-electron chi connectivity index (χ2n) is 5.85. The van der Waals surface area contributed by atoms with Crippen LogP contribution in [-0.4, -0.2) is 35.1 Å². The smallest absolute Gasteiger partial charge is 0.159 e. The number of aromatic nitrogens is 2. The van der Waals surface area contributed by atoms with Gasteiger partial charge in [0, 0.05) is 36.6 Å². The lowest BCUT2D eigenvalue weighted by atomic mass is 9.99. The molecular formula is C18H20N4O. The summed E-state index contributed by atoms with van der Waals surface area (Å²) >= 11 is 0. The average molecular weight is 308 g/mol. The molecule has 0 radical (unpaired) electrons. The van der Waals surface area contributed by atoms with Crippen LogP contribution in [0.25, 0.3) is 11.4 Å². The van der Waals surface area contributed by atoms with Crippen molar-refractivity contribution in [2.45, 2.75) is 19.4 Å². The molecule has 0 amide bonds. The number of hydrogen-bond donors (Lipinski definition) is 0. The number of nitriles is 1. The number of piperidine rings is 1. The zero-order valence-corrected chi connectivity index (χ0v) is 13.3. The number of nitrogens with zero attached hydrogens (tertiary/aromatic N) is 4. The van der Waals surface area contributed by atoms with Crippen molar-refractivity contribution < 1.29 is 4.74 Å². The highest BCUT2D eigenvalue weighted by Crippen LogP contribution is 2.20. The van der Waals surface area contributed by atoms with Gasteiger partial charge in [0.05, 0.1) is 19.1 Å². The summed E-state index contributed by atoms with van der Waals surface area (Å²) in [4.78, 5) is 11.2. The Hall–Kier alpha value is -2.45. The maximum atomic E-state index is 9.06. The van der Waals surface area contributed by atoms with E-state index in [-0.39, 0.29) is 5.92 Å². The maximum absolute atomic E-state index is 9.06. The zero-order valence-electron chi connectivity index (χ0n) is 13.3. The van der Waals surface area contributed by atoms with Crippen LogP contribution in [0.4, 0.5) is 0 Å². The van der Waals surface area contributed by atoms with Gasteiger partial charge >= 0.3 is 0 Å². The molecule has 1 atom stereocenters. The van der Waals surface area contributed by atoms with Crippen LogP contribution in [0.1, 0.15) is 18.4 Å². The summed E-state index contributed by atoms with van der Waals surface area (Å²) in [7, 11) is 1.65. The Morgan fingerprint density at radius 1 is 1.26 bits per heavy atom. The fourth-order valence-electron chi connectivity index (χ4n) is 2.89. The van der Waals surface area contributed by atoms with Crippen LogP contribution in [0.15, 0.2) is 36.7 Å². The molecule has 0 N–H and O–H groups in total. The predicted octanol–water partition coefficient (Wildman–Crippen LogP) is 2.89. The van der Waals surface area contributed by atoms with E-state index in [2.05, 4.69) is 20.9 Å². The molecule has 1 fully saturated rings. The van der Waals surface area contributed by atoms with Crippen LogP contribution in [0.5, 0.6) is 5.75 Å². The van der Waals surface area contributed by atoms with E-state index in [1.54, 1.807) is 7.11 Å². The molecule has 5 nitrogen and oxygen atoms in total. The van der Waals surface area contributed by atoms with Gasteiger partial charge in [0.1, 0.15) is 5.75 Å². The lowest BCUT2D eigenvalue weighted by Gasteiger charge is -2.29. The van der Waals surface area contributed by atoms with Gasteiger partial charge in [-0.05, 0) is 43.7 Å². The van der Waals surface area contributed by atoms with Gasteiger partial charge in [-0.2, -0.15) is 5.26 Å². The number of benzene rings is 1. The van der Waals surface area contributed by atoms with Gasteiger partial charge in [-0.15, -0.1) is 0 Å². The first-order valence-corrected chi connectivity index (χ1v) is 7.86. The van der Waals surface area contributed by atoms with E-state index < -0.39 is 0 Å². The molecular weight excluding hydrogens is 288 g/mol. The monoisotopic (exact) mass is 308 g/mol. The molecule has 0 saturated carbocycles. The van der Waals surface area contributed by atoms with Crippen molar-refractivity contribution in [3.63, 3.8) is 0 Å². The van der Waals surface area contributed by atoms with E-state index in [9.17, 15) is 0 Å². The minimum Gasteiger partial charge on any atom is -0.497 e. The lowest BCUT2D eigenvalue weighted by molar-refractivity contribution is 0.192. The molecule has 0 spiro atoms. The molecule has 0 unspecified atom stereocenters. The molecule has 23 heavy (non-hydrogen) atoms. The van der Waals surface area contributed by atoms with Crippen molar-refractivity contribution in [3.05, 3.63) is 42.2 Å². The number of methoxy groups -OCH3 is 1. The van der Waals surface area contributed by atoms with Crippen molar-refractivity contribution in [1.82, 2.24) is 14.9 Å². The van der Waals surface area contributed by atoms with Crippen LogP contribution < -0.4 is 4.74 Å². The Balaban J connectivity index is 1.65. The largest absolute Gasteiger partial charge is 0.497 e. The first-order chi connectivity index (χ1) is 11.3. The molecule has 118 valence electrons. The molecule has 1 aliphatic heterocycles. The van der Waals surface area contributed by atoms with Crippen LogP contribution in [-0.2, 0) is 6.54 Å². The summed E-state index contributed by atoms with van der Waals surface area (Å²) < 4.78 is 5.16. The van der Waals surface area contributed by atoms with Gasteiger partial charge in [0.2, 0.25) is 0 Å². The second-order valence-corrected chi connectivity index (χ2v) is 5.85. The minimum absolute atomic E-state index is 0.156. The Morgan fingerprint density at radius 3 is 2.65 bits per heavy atom. The molecule has 1 aliphatic rings. The van der Waals surface area contributed by atoms with Gasteiger partial charge in [-0.25, -0.2) is 9.97 Å². The Labute approximate surface area is 136 Å². The summed E-state index contributed by atoms with van der Waals surface area (Å²) in [5.74, 6) is 1.69. The van der Waals surface area contributed by atoms with Crippen molar-refractivity contribution >= 4 is 0 Å². The SMILES string of the molecule is COc1ccc(-c2ncc(CN3CCC[C@@H](C#N)C3)cn2)cc1. The van der Waals surface area contributed by atoms with E-state index in [0.29, 0.717) is 5.82 Å². The van der Waals surface area contributed by atoms with Crippen molar-refractivity contribution in [1.29, 1.82) is 5.26 Å². The Morgan fingerprint density at radius 2 is 2.00 bits per heavy atom. The molecule has 1 aromatic carbocycles. The zero-order chi connectivity index (χ0) is 16.1. The normalized spacial score (nSPS) is 18.3. The Kier molecular flexibility index (Phi) is 4.84. The Bertz CT molecular complexity index is 676. The quantitative estimate of drug-likeness (QED) is 0.869. The molecule has 0 aliphatic carbocycles. The van der Waals surface area contributed by atoms with Crippen LogP contribution in [0, 0.1) is 17.2 Å². The average Bonchev–Trinajstić information content (AvgIpc) is 2.63. The van der Waals surface area contributed by atoms with Crippen molar-refractivity contribution in [2.75, 3.05) is 20.2 Å². The minimum atomic E-state index is 0.156. The molecule has 3 rings (SSSR count). The van der Waals surface area contributed by atoms with Crippen molar-refractivity contribution in [3.8, 4) is 23.2 Å². The van der Waals surface area contributed by atoms with E-state index in [4.69, 9.17) is 10.00 Å². The van der Waals surface area contributed by atoms with Gasteiger partial charge in [0.15, 0.2) is 5.82 Å². The summed E-state index contributed by atoms with van der Waals surface area (Å²) in [6.07, 6.45) is 5.86. The molecule has 2 heterocycles. The molecule has 1 saturated heterocycles. The molecule has 2 aromatic rings. The van der Waals surface area contributed by atoms with E-state index >= 15 is 0 Å². The second kappa shape index (κ2) is 7.21. The lowest BCUT2D eigenvalue weighted by Crippen LogP contribution is -2.34. The number of hydrogen-bond acceptors (Lipinski definition) is 5. The highest BCUT2D eigenvalue weighted by atomic mass is 16.5. The van der Waals surface area contributed by atoms with E-state index in [1.165, 1.54) is 0 Å². The number of likely N-dealkylation sites (tertiary alicyclic amines) is 1. The van der Waals surface area contributed by atoms with Gasteiger partial charge in [0.25, 0.3) is 0 Å². The molecule has 5 heteroatoms. The van der Waals surface area contributed by atoms with E-state index in [1.807, 2.05) is 36.7 Å². The molecule has 1 aromatic heterocycles. The standard InChI is InChI=1S/C18H20N4O/c1-23-17-6-4-16(5-7-17)18-20-10-15(11-21-18)13-22-8-2-3-14(9-19)12-22/h4-7,10-11,14H,2-3,8,12-13H2,1H3/t14-/m0/s1. The van der Waals surface area contributed by atoms with Crippen LogP contribution in [0.2, 0.25) is 0 Å². The van der Waals surface area contributed by atoms with Gasteiger partial charge in [-0.3, -0.25) is 4.90 Å². The molecule has 0 bridgehead atoms. The van der Waals surface area contributed by atoms with Crippen LogP contribution >= 0.6 is 0 Å². The third-order valence-corrected chi connectivity index (χ3v) is 4.15. The summed E-state index contributed by atoms with van der Waals surface area (Å²) in [5, 5.41) is 9.06. The fraction of sp³-hybridized carbons (Fsp3) is 0.389. The third kappa shape index (κ3) is 3.85. The first-order valence-electron chi connectivity index (χ1n) is 7.86. The fourth-order valence-corrected chi connectivity index (χ4v) is 2.89. The van der Waals surface area contributed by atoms with Gasteiger partial charge in [-0.1, -0.05) is 0 Å². The third-order valence-electron chi connectivity index (χ3n) is 4.15. The maximum Gasteiger partial charge on any atom is 0.159 e. The number of rotatable bonds is 4. The van der Waals surface area contributed by atoms with Crippen molar-refractivity contribution in [2.24, 2.45) is 5.92 Å². The van der Waals surface area contributed by atoms with E-state index in [0.717, 1.165) is 49.4 Å². The summed E-state index contributed by atoms with van der Waals surface area (Å²) in [6, 6.07) is 10.1. The summed E-state index contributed by atoms with van der Waals surface area (Å²) in [6.45, 7) is 2.69. The topological polar surface area (TPSA) is 62.0 Å². The predicted molar refractivity (Wildman–Crippen MR) is 87.6 cm³/mol.